The molecule has 7 heteroatoms. The number of aryl methyl sites for hydroxylation is 3. The van der Waals surface area contributed by atoms with E-state index >= 15 is 0 Å². The zero-order valence-corrected chi connectivity index (χ0v) is 14.4. The summed E-state index contributed by atoms with van der Waals surface area (Å²) in [6.07, 6.45) is 4.89. The number of imidazole rings is 1. The standard InChI is InChI=1S/C18H19N5O2/c1-12-4-5-13(2)15(8-12)25-10-18(24)22-16-9-17(21-11-20-16)23-7-6-19-14(23)3/h4-9,11H,10H2,1-3H3,(H,20,21,22,24). The number of hydrogen-bond acceptors (Lipinski definition) is 5. The van der Waals surface area contributed by atoms with Gasteiger partial charge in [0.2, 0.25) is 0 Å². The molecule has 0 saturated carbocycles. The van der Waals surface area contributed by atoms with Gasteiger partial charge in [0.05, 0.1) is 0 Å². The Hall–Kier alpha value is -3.22. The van der Waals surface area contributed by atoms with Crippen molar-refractivity contribution in [3.05, 3.63) is 59.9 Å². The molecular weight excluding hydrogens is 318 g/mol. The Morgan fingerprint density at radius 2 is 2.00 bits per heavy atom. The minimum Gasteiger partial charge on any atom is -0.483 e. The number of rotatable bonds is 5. The van der Waals surface area contributed by atoms with Crippen LogP contribution in [0.2, 0.25) is 0 Å². The van der Waals surface area contributed by atoms with Gasteiger partial charge in [-0.1, -0.05) is 12.1 Å². The first-order chi connectivity index (χ1) is 12.0. The third-order valence-corrected chi connectivity index (χ3v) is 3.70. The molecule has 1 aromatic carbocycles. The van der Waals surface area contributed by atoms with Crippen LogP contribution in [-0.4, -0.2) is 32.0 Å². The number of aromatic nitrogens is 4. The fraction of sp³-hybridized carbons (Fsp3) is 0.222. The minimum atomic E-state index is -0.284. The van der Waals surface area contributed by atoms with E-state index in [1.807, 2.05) is 43.5 Å². The molecule has 0 unspecified atom stereocenters. The first-order valence-corrected chi connectivity index (χ1v) is 7.85. The van der Waals surface area contributed by atoms with Crippen molar-refractivity contribution in [1.29, 1.82) is 0 Å². The van der Waals surface area contributed by atoms with Crippen LogP contribution in [0.1, 0.15) is 17.0 Å². The smallest absolute Gasteiger partial charge is 0.263 e. The normalized spacial score (nSPS) is 10.5. The second kappa shape index (κ2) is 7.12. The second-order valence-corrected chi connectivity index (χ2v) is 5.71. The van der Waals surface area contributed by atoms with Gasteiger partial charge in [-0.05, 0) is 38.0 Å². The van der Waals surface area contributed by atoms with Crippen LogP contribution in [0.15, 0.2) is 43.0 Å². The van der Waals surface area contributed by atoms with Crippen LogP contribution < -0.4 is 10.1 Å². The molecule has 0 fully saturated rings. The monoisotopic (exact) mass is 337 g/mol. The lowest BCUT2D eigenvalue weighted by Gasteiger charge is -2.10. The number of ether oxygens (including phenoxy) is 1. The van der Waals surface area contributed by atoms with Gasteiger partial charge in [-0.2, -0.15) is 0 Å². The van der Waals surface area contributed by atoms with E-state index in [1.165, 1.54) is 6.33 Å². The maximum Gasteiger partial charge on any atom is 0.263 e. The molecule has 0 spiro atoms. The Bertz CT molecular complexity index is 904. The van der Waals surface area contributed by atoms with Gasteiger partial charge in [0.1, 0.15) is 29.5 Å². The zero-order chi connectivity index (χ0) is 17.8. The minimum absolute atomic E-state index is 0.0896. The number of nitrogens with zero attached hydrogens (tertiary/aromatic N) is 4. The largest absolute Gasteiger partial charge is 0.483 e. The lowest BCUT2D eigenvalue weighted by Crippen LogP contribution is -2.21. The fourth-order valence-corrected chi connectivity index (χ4v) is 2.35. The first-order valence-electron chi connectivity index (χ1n) is 7.85. The van der Waals surface area contributed by atoms with Crippen molar-refractivity contribution in [3.63, 3.8) is 0 Å². The van der Waals surface area contributed by atoms with Gasteiger partial charge in [0.25, 0.3) is 5.91 Å². The Kier molecular flexibility index (Phi) is 4.74. The molecule has 2 heterocycles. The SMILES string of the molecule is Cc1ccc(C)c(OCC(=O)Nc2cc(-n3ccnc3C)ncn2)c1. The first kappa shape index (κ1) is 16.6. The molecule has 1 N–H and O–H groups in total. The van der Waals surface area contributed by atoms with Gasteiger partial charge < -0.3 is 10.1 Å². The molecule has 0 atom stereocenters. The molecule has 1 amide bonds. The van der Waals surface area contributed by atoms with E-state index in [9.17, 15) is 4.79 Å². The lowest BCUT2D eigenvalue weighted by molar-refractivity contribution is -0.118. The maximum atomic E-state index is 12.1. The Labute approximate surface area is 145 Å². The molecule has 3 aromatic rings. The van der Waals surface area contributed by atoms with E-state index in [4.69, 9.17) is 4.74 Å². The summed E-state index contributed by atoms with van der Waals surface area (Å²) in [5.41, 5.74) is 2.07. The molecule has 2 aromatic heterocycles. The molecule has 25 heavy (non-hydrogen) atoms. The van der Waals surface area contributed by atoms with E-state index in [2.05, 4.69) is 20.3 Å². The van der Waals surface area contributed by atoms with Crippen molar-refractivity contribution in [2.45, 2.75) is 20.8 Å². The highest BCUT2D eigenvalue weighted by Crippen LogP contribution is 2.19. The molecule has 0 bridgehead atoms. The summed E-state index contributed by atoms with van der Waals surface area (Å²) in [6.45, 7) is 5.70. The fourth-order valence-electron chi connectivity index (χ4n) is 2.35. The predicted octanol–water partition coefficient (Wildman–Crippen LogP) is 2.61. The van der Waals surface area contributed by atoms with Gasteiger partial charge in [0, 0.05) is 18.5 Å². The highest BCUT2D eigenvalue weighted by atomic mass is 16.5. The van der Waals surface area contributed by atoms with Crippen molar-refractivity contribution in [2.75, 3.05) is 11.9 Å². The summed E-state index contributed by atoms with van der Waals surface area (Å²) in [6, 6.07) is 7.56. The van der Waals surface area contributed by atoms with Crippen LogP contribution in [0.5, 0.6) is 5.75 Å². The Balaban J connectivity index is 1.65. The average Bonchev–Trinajstić information content (AvgIpc) is 3.02. The number of carbonyl (C=O) groups excluding carboxylic acids is 1. The van der Waals surface area contributed by atoms with Gasteiger partial charge in [0.15, 0.2) is 6.61 Å². The van der Waals surface area contributed by atoms with Crippen LogP contribution in [0.3, 0.4) is 0 Å². The van der Waals surface area contributed by atoms with Crippen molar-refractivity contribution in [1.82, 2.24) is 19.5 Å². The van der Waals surface area contributed by atoms with E-state index < -0.39 is 0 Å². The Morgan fingerprint density at radius 1 is 1.16 bits per heavy atom. The number of anilines is 1. The van der Waals surface area contributed by atoms with Crippen molar-refractivity contribution in [2.24, 2.45) is 0 Å². The highest BCUT2D eigenvalue weighted by Gasteiger charge is 2.09. The topological polar surface area (TPSA) is 81.9 Å². The number of benzene rings is 1. The number of carbonyl (C=O) groups is 1. The molecule has 0 aliphatic rings. The zero-order valence-electron chi connectivity index (χ0n) is 14.4. The average molecular weight is 337 g/mol. The van der Waals surface area contributed by atoms with Gasteiger partial charge in [-0.3, -0.25) is 9.36 Å². The molecule has 0 saturated heterocycles. The van der Waals surface area contributed by atoms with E-state index in [1.54, 1.807) is 18.5 Å². The van der Waals surface area contributed by atoms with Crippen molar-refractivity contribution in [3.8, 4) is 11.6 Å². The van der Waals surface area contributed by atoms with Gasteiger partial charge in [-0.15, -0.1) is 0 Å². The summed E-state index contributed by atoms with van der Waals surface area (Å²) in [5.74, 6) is 2.26. The van der Waals surface area contributed by atoms with Gasteiger partial charge in [-0.25, -0.2) is 15.0 Å². The predicted molar refractivity (Wildman–Crippen MR) is 93.9 cm³/mol. The van der Waals surface area contributed by atoms with E-state index in [-0.39, 0.29) is 12.5 Å². The van der Waals surface area contributed by atoms with Gasteiger partial charge >= 0.3 is 0 Å². The summed E-state index contributed by atoms with van der Waals surface area (Å²) in [4.78, 5) is 24.6. The summed E-state index contributed by atoms with van der Waals surface area (Å²) < 4.78 is 7.41. The number of hydrogen-bond donors (Lipinski definition) is 1. The quantitative estimate of drug-likeness (QED) is 0.774. The van der Waals surface area contributed by atoms with Crippen LogP contribution >= 0.6 is 0 Å². The van der Waals surface area contributed by atoms with Crippen molar-refractivity contribution < 1.29 is 9.53 Å². The highest BCUT2D eigenvalue weighted by molar-refractivity contribution is 5.91. The molecule has 0 radical (unpaired) electrons. The third-order valence-electron chi connectivity index (χ3n) is 3.70. The number of nitrogens with one attached hydrogen (secondary N) is 1. The second-order valence-electron chi connectivity index (χ2n) is 5.71. The maximum absolute atomic E-state index is 12.1. The Morgan fingerprint density at radius 3 is 2.76 bits per heavy atom. The summed E-state index contributed by atoms with van der Waals surface area (Å²) >= 11 is 0. The number of amides is 1. The van der Waals surface area contributed by atoms with Crippen LogP contribution in [0.4, 0.5) is 5.82 Å². The molecule has 128 valence electrons. The van der Waals surface area contributed by atoms with Crippen LogP contribution in [0.25, 0.3) is 5.82 Å². The van der Waals surface area contributed by atoms with Crippen LogP contribution in [-0.2, 0) is 4.79 Å². The lowest BCUT2D eigenvalue weighted by atomic mass is 10.1. The molecular formula is C18H19N5O2. The molecule has 0 aliphatic heterocycles. The van der Waals surface area contributed by atoms with E-state index in [0.29, 0.717) is 17.4 Å². The van der Waals surface area contributed by atoms with E-state index in [0.717, 1.165) is 17.0 Å². The summed E-state index contributed by atoms with van der Waals surface area (Å²) in [7, 11) is 0. The summed E-state index contributed by atoms with van der Waals surface area (Å²) in [5, 5.41) is 2.72. The van der Waals surface area contributed by atoms with Crippen molar-refractivity contribution >= 4 is 11.7 Å². The molecule has 3 rings (SSSR count). The van der Waals surface area contributed by atoms with Crippen LogP contribution in [0, 0.1) is 20.8 Å². The molecule has 7 nitrogen and oxygen atoms in total. The third kappa shape index (κ3) is 4.00. The molecule has 0 aliphatic carbocycles.